The Balaban J connectivity index is 0.00000210. The lowest BCUT2D eigenvalue weighted by atomic mass is 10.0. The molecule has 1 fully saturated rings. The minimum Gasteiger partial charge on any atom is -0.333 e. The largest absolute Gasteiger partial charge is 0.333 e. The third kappa shape index (κ3) is 4.46. The molecule has 0 aliphatic carbocycles. The predicted octanol–water partition coefficient (Wildman–Crippen LogP) is 3.76. The average molecular weight is 382 g/mol. The van der Waals surface area contributed by atoms with Crippen LogP contribution in [-0.4, -0.2) is 35.4 Å². The highest BCUT2D eigenvalue weighted by Gasteiger charge is 2.27. The Morgan fingerprint density at radius 3 is 2.78 bits per heavy atom. The molecule has 0 spiro atoms. The summed E-state index contributed by atoms with van der Waals surface area (Å²) in [4.78, 5) is 19.1. The first-order chi connectivity index (χ1) is 12.8. The number of amides is 1. The number of nitrogens with zero attached hydrogens (tertiary/aromatic N) is 2. The normalized spacial score (nSPS) is 16.7. The number of halogens is 1. The van der Waals surface area contributed by atoms with Crippen molar-refractivity contribution < 1.29 is 4.79 Å². The van der Waals surface area contributed by atoms with Crippen LogP contribution in [0.4, 0.5) is 0 Å². The molecule has 27 heavy (non-hydrogen) atoms. The molecule has 0 radical (unpaired) electrons. The quantitative estimate of drug-likeness (QED) is 0.748. The van der Waals surface area contributed by atoms with Gasteiger partial charge in [0.2, 0.25) is 5.91 Å². The van der Waals surface area contributed by atoms with Crippen molar-refractivity contribution in [2.24, 2.45) is 0 Å². The number of fused-ring (bicyclic) bond motifs is 1. The van der Waals surface area contributed by atoms with E-state index in [2.05, 4.69) is 52.8 Å². The van der Waals surface area contributed by atoms with Gasteiger partial charge in [0.05, 0.1) is 6.04 Å². The first-order valence-corrected chi connectivity index (χ1v) is 9.19. The maximum absolute atomic E-state index is 12.9. The summed E-state index contributed by atoms with van der Waals surface area (Å²) in [5.74, 6) is 0.216. The Morgan fingerprint density at radius 1 is 1.11 bits per heavy atom. The molecule has 4 nitrogen and oxygen atoms in total. The number of benzene rings is 2. The number of carbonyl (C=O) groups excluding carboxylic acids is 1. The van der Waals surface area contributed by atoms with Crippen LogP contribution in [0.15, 0.2) is 67.0 Å². The van der Waals surface area contributed by atoms with Crippen LogP contribution in [0.1, 0.15) is 23.6 Å². The van der Waals surface area contributed by atoms with Crippen LogP contribution in [0.5, 0.6) is 0 Å². The summed E-state index contributed by atoms with van der Waals surface area (Å²) in [6.07, 6.45) is 4.94. The van der Waals surface area contributed by atoms with Crippen LogP contribution in [0, 0.1) is 0 Å². The maximum atomic E-state index is 12.9. The van der Waals surface area contributed by atoms with Crippen molar-refractivity contribution in [3.63, 3.8) is 0 Å². The first kappa shape index (κ1) is 19.3. The van der Waals surface area contributed by atoms with Gasteiger partial charge in [0, 0.05) is 38.4 Å². The molecule has 0 bridgehead atoms. The van der Waals surface area contributed by atoms with Crippen molar-refractivity contribution in [1.82, 2.24) is 15.2 Å². The average Bonchev–Trinajstić information content (AvgIpc) is 2.72. The minimum atomic E-state index is 0. The van der Waals surface area contributed by atoms with Crippen molar-refractivity contribution in [2.45, 2.75) is 18.9 Å². The fraction of sp³-hybridized carbons (Fsp3) is 0.273. The topological polar surface area (TPSA) is 45.2 Å². The van der Waals surface area contributed by atoms with E-state index in [9.17, 15) is 4.79 Å². The molecule has 0 saturated carbocycles. The van der Waals surface area contributed by atoms with Gasteiger partial charge in [0.25, 0.3) is 0 Å². The third-order valence-corrected chi connectivity index (χ3v) is 5.07. The van der Waals surface area contributed by atoms with Crippen LogP contribution >= 0.6 is 12.4 Å². The lowest BCUT2D eigenvalue weighted by Crippen LogP contribution is -2.48. The Kier molecular flexibility index (Phi) is 6.43. The first-order valence-electron chi connectivity index (χ1n) is 9.19. The standard InChI is InChI=1S/C22H23N3O.ClH/c26-22(10-8-17-7-9-18-4-1-2-5-19(18)14-17)25-13-12-24-16-21(25)20-6-3-11-23-15-20;/h1-7,9,11,14-15,21,24H,8,10,12-13,16H2;1H. The predicted molar refractivity (Wildman–Crippen MR) is 111 cm³/mol. The molecule has 1 aliphatic heterocycles. The van der Waals surface area contributed by atoms with Crippen LogP contribution in [0.25, 0.3) is 10.8 Å². The molecule has 3 aromatic rings. The second-order valence-corrected chi connectivity index (χ2v) is 6.77. The summed E-state index contributed by atoms with van der Waals surface area (Å²) in [7, 11) is 0. The van der Waals surface area contributed by atoms with Gasteiger partial charge in [-0.05, 0) is 34.4 Å². The van der Waals surface area contributed by atoms with E-state index >= 15 is 0 Å². The molecular weight excluding hydrogens is 358 g/mol. The van der Waals surface area contributed by atoms with Gasteiger partial charge in [-0.1, -0.05) is 48.5 Å². The van der Waals surface area contributed by atoms with E-state index in [0.29, 0.717) is 6.42 Å². The van der Waals surface area contributed by atoms with Gasteiger partial charge in [-0.3, -0.25) is 9.78 Å². The molecule has 1 unspecified atom stereocenters. The summed E-state index contributed by atoms with van der Waals surface area (Å²) < 4.78 is 0. The highest BCUT2D eigenvalue weighted by atomic mass is 35.5. The van der Waals surface area contributed by atoms with Crippen LogP contribution in [0.2, 0.25) is 0 Å². The van der Waals surface area contributed by atoms with E-state index in [1.807, 2.05) is 23.2 Å². The molecule has 1 saturated heterocycles. The van der Waals surface area contributed by atoms with Gasteiger partial charge in [0.1, 0.15) is 0 Å². The summed E-state index contributed by atoms with van der Waals surface area (Å²) in [5.41, 5.74) is 2.31. The van der Waals surface area contributed by atoms with E-state index in [4.69, 9.17) is 0 Å². The van der Waals surface area contributed by atoms with Crippen LogP contribution < -0.4 is 5.32 Å². The summed E-state index contributed by atoms with van der Waals surface area (Å²) >= 11 is 0. The number of pyridine rings is 1. The highest BCUT2D eigenvalue weighted by Crippen LogP contribution is 2.23. The molecule has 140 valence electrons. The molecule has 1 aliphatic rings. The van der Waals surface area contributed by atoms with E-state index in [-0.39, 0.29) is 24.4 Å². The molecule has 2 aromatic carbocycles. The molecule has 1 atom stereocenters. The van der Waals surface area contributed by atoms with Crippen LogP contribution in [0.3, 0.4) is 0 Å². The Hall–Kier alpha value is -2.43. The van der Waals surface area contributed by atoms with E-state index < -0.39 is 0 Å². The molecule has 1 amide bonds. The Labute approximate surface area is 166 Å². The summed E-state index contributed by atoms with van der Waals surface area (Å²) in [6, 6.07) is 18.9. The van der Waals surface area contributed by atoms with Gasteiger partial charge in [-0.2, -0.15) is 0 Å². The number of hydrogen-bond donors (Lipinski definition) is 1. The fourth-order valence-corrected chi connectivity index (χ4v) is 3.66. The fourth-order valence-electron chi connectivity index (χ4n) is 3.66. The zero-order valence-corrected chi connectivity index (χ0v) is 16.0. The molecule has 1 N–H and O–H groups in total. The van der Waals surface area contributed by atoms with Crippen molar-refractivity contribution in [1.29, 1.82) is 0 Å². The second kappa shape index (κ2) is 8.98. The number of aryl methyl sites for hydroxylation is 1. The van der Waals surface area contributed by atoms with E-state index in [1.165, 1.54) is 16.3 Å². The van der Waals surface area contributed by atoms with Gasteiger partial charge < -0.3 is 10.2 Å². The zero-order chi connectivity index (χ0) is 17.8. The van der Waals surface area contributed by atoms with Crippen LogP contribution in [-0.2, 0) is 11.2 Å². The SMILES string of the molecule is Cl.O=C(CCc1ccc2ccccc2c1)N1CCNCC1c1cccnc1. The summed E-state index contributed by atoms with van der Waals surface area (Å²) in [6.45, 7) is 2.38. The number of rotatable bonds is 4. The molecule has 1 aromatic heterocycles. The zero-order valence-electron chi connectivity index (χ0n) is 15.2. The number of hydrogen-bond acceptors (Lipinski definition) is 3. The van der Waals surface area contributed by atoms with Gasteiger partial charge in [-0.15, -0.1) is 12.4 Å². The maximum Gasteiger partial charge on any atom is 0.223 e. The second-order valence-electron chi connectivity index (χ2n) is 6.77. The molecule has 5 heteroatoms. The number of carbonyl (C=O) groups is 1. The lowest BCUT2D eigenvalue weighted by molar-refractivity contribution is -0.134. The highest BCUT2D eigenvalue weighted by molar-refractivity contribution is 5.85. The van der Waals surface area contributed by atoms with Crippen molar-refractivity contribution >= 4 is 29.1 Å². The third-order valence-electron chi connectivity index (χ3n) is 5.07. The van der Waals surface area contributed by atoms with Crippen molar-refractivity contribution in [3.8, 4) is 0 Å². The number of aromatic nitrogens is 1. The van der Waals surface area contributed by atoms with E-state index in [0.717, 1.165) is 31.6 Å². The van der Waals surface area contributed by atoms with Gasteiger partial charge in [0.15, 0.2) is 0 Å². The van der Waals surface area contributed by atoms with E-state index in [1.54, 1.807) is 6.20 Å². The smallest absolute Gasteiger partial charge is 0.223 e. The summed E-state index contributed by atoms with van der Waals surface area (Å²) in [5, 5.41) is 5.86. The minimum absolute atomic E-state index is 0. The molecule has 2 heterocycles. The lowest BCUT2D eigenvalue weighted by Gasteiger charge is -2.36. The van der Waals surface area contributed by atoms with Gasteiger partial charge >= 0.3 is 0 Å². The number of piperazine rings is 1. The Morgan fingerprint density at radius 2 is 1.96 bits per heavy atom. The molecule has 4 rings (SSSR count). The molecular formula is C22H24ClN3O. The van der Waals surface area contributed by atoms with Crippen molar-refractivity contribution in [3.05, 3.63) is 78.1 Å². The van der Waals surface area contributed by atoms with Crippen molar-refractivity contribution in [2.75, 3.05) is 19.6 Å². The number of nitrogens with one attached hydrogen (secondary N) is 1. The van der Waals surface area contributed by atoms with Gasteiger partial charge in [-0.25, -0.2) is 0 Å². The monoisotopic (exact) mass is 381 g/mol. The Bertz CT molecular complexity index is 900.